The van der Waals surface area contributed by atoms with E-state index in [2.05, 4.69) is 10.3 Å². The molecule has 0 unspecified atom stereocenters. The van der Waals surface area contributed by atoms with Crippen LogP contribution in [0.15, 0.2) is 35.7 Å². The summed E-state index contributed by atoms with van der Waals surface area (Å²) in [5.41, 5.74) is 1.29. The summed E-state index contributed by atoms with van der Waals surface area (Å²) in [7, 11) is 0. The van der Waals surface area contributed by atoms with Gasteiger partial charge in [-0.25, -0.2) is 4.98 Å². The van der Waals surface area contributed by atoms with Gasteiger partial charge in [-0.15, -0.1) is 0 Å². The van der Waals surface area contributed by atoms with Crippen molar-refractivity contribution in [3.05, 3.63) is 41.7 Å². The molecule has 0 atom stereocenters. The molecule has 0 spiro atoms. The van der Waals surface area contributed by atoms with E-state index in [1.54, 1.807) is 35.2 Å². The van der Waals surface area contributed by atoms with Crippen LogP contribution in [0.25, 0.3) is 5.69 Å². The van der Waals surface area contributed by atoms with Gasteiger partial charge in [-0.2, -0.15) is 0 Å². The predicted molar refractivity (Wildman–Crippen MR) is 73.7 cm³/mol. The van der Waals surface area contributed by atoms with Gasteiger partial charge in [0.2, 0.25) is 0 Å². The summed E-state index contributed by atoms with van der Waals surface area (Å²) in [5.74, 6) is -1.89. The largest absolute Gasteiger partial charge is 0.481 e. The van der Waals surface area contributed by atoms with E-state index in [4.69, 9.17) is 5.11 Å². The third-order valence-electron chi connectivity index (χ3n) is 2.93. The van der Waals surface area contributed by atoms with Crippen molar-refractivity contribution in [2.24, 2.45) is 0 Å². The number of carbonyl (C=O) groups excluding carboxylic acids is 2. The van der Waals surface area contributed by atoms with E-state index in [1.807, 2.05) is 0 Å². The molecule has 1 aliphatic heterocycles. The number of nitrogens with zero attached hydrogens (tertiary/aromatic N) is 2. The molecule has 1 aliphatic rings. The Morgan fingerprint density at radius 1 is 1.29 bits per heavy atom. The summed E-state index contributed by atoms with van der Waals surface area (Å²) in [5, 5.41) is 11.4. The second kappa shape index (κ2) is 5.06. The van der Waals surface area contributed by atoms with Gasteiger partial charge < -0.3 is 5.11 Å². The summed E-state index contributed by atoms with van der Waals surface area (Å²) in [4.78, 5) is 37.9. The van der Waals surface area contributed by atoms with Crippen LogP contribution < -0.4 is 5.32 Å². The van der Waals surface area contributed by atoms with Crippen LogP contribution in [0.3, 0.4) is 0 Å². The number of benzene rings is 1. The molecule has 106 valence electrons. The van der Waals surface area contributed by atoms with Crippen molar-refractivity contribution in [2.75, 3.05) is 5.75 Å². The van der Waals surface area contributed by atoms with E-state index in [1.165, 1.54) is 0 Å². The number of hydrogen-bond donors (Lipinski definition) is 2. The van der Waals surface area contributed by atoms with Crippen LogP contribution >= 0.6 is 11.8 Å². The monoisotopic (exact) mass is 303 g/mol. The summed E-state index contributed by atoms with van der Waals surface area (Å²) >= 11 is 1.08. The molecule has 2 heterocycles. The molecule has 0 radical (unpaired) electrons. The number of amides is 2. The van der Waals surface area contributed by atoms with Crippen LogP contribution in [0.2, 0.25) is 0 Å². The van der Waals surface area contributed by atoms with Crippen molar-refractivity contribution in [3.8, 4) is 5.69 Å². The van der Waals surface area contributed by atoms with Crippen LogP contribution in [0.5, 0.6) is 0 Å². The lowest BCUT2D eigenvalue weighted by atomic mass is 10.1. The summed E-state index contributed by atoms with van der Waals surface area (Å²) in [6, 6.07) is 4.84. The minimum Gasteiger partial charge on any atom is -0.481 e. The Labute approximate surface area is 123 Å². The van der Waals surface area contributed by atoms with Crippen molar-refractivity contribution < 1.29 is 19.5 Å². The molecule has 2 aromatic rings. The van der Waals surface area contributed by atoms with Crippen LogP contribution in [-0.2, 0) is 4.79 Å². The number of aromatic nitrogens is 2. The highest BCUT2D eigenvalue weighted by Crippen LogP contribution is 2.24. The van der Waals surface area contributed by atoms with Crippen LogP contribution in [0, 0.1) is 0 Å². The molecule has 0 fully saturated rings. The fourth-order valence-corrected chi connectivity index (χ4v) is 2.72. The maximum atomic E-state index is 11.7. The van der Waals surface area contributed by atoms with Gasteiger partial charge in [0.1, 0.15) is 0 Å². The molecule has 0 bridgehead atoms. The normalized spacial score (nSPS) is 13.1. The maximum Gasteiger partial charge on any atom is 0.313 e. The third-order valence-corrected chi connectivity index (χ3v) is 3.88. The number of aliphatic carboxylic acids is 1. The van der Waals surface area contributed by atoms with Gasteiger partial charge in [0.25, 0.3) is 11.8 Å². The quantitative estimate of drug-likeness (QED) is 0.643. The van der Waals surface area contributed by atoms with Crippen molar-refractivity contribution in [2.45, 2.75) is 5.16 Å². The molecule has 7 nitrogen and oxygen atoms in total. The van der Waals surface area contributed by atoms with E-state index >= 15 is 0 Å². The lowest BCUT2D eigenvalue weighted by Gasteiger charge is -2.07. The predicted octanol–water partition coefficient (Wildman–Crippen LogP) is 0.933. The first-order valence-corrected chi connectivity index (χ1v) is 6.93. The van der Waals surface area contributed by atoms with Gasteiger partial charge in [0, 0.05) is 18.1 Å². The van der Waals surface area contributed by atoms with Gasteiger partial charge in [-0.3, -0.25) is 24.3 Å². The highest BCUT2D eigenvalue weighted by atomic mass is 32.2. The van der Waals surface area contributed by atoms with Crippen LogP contribution in [-0.4, -0.2) is 38.2 Å². The zero-order chi connectivity index (χ0) is 15.0. The number of carbonyl (C=O) groups is 3. The molecule has 1 aromatic heterocycles. The summed E-state index contributed by atoms with van der Waals surface area (Å²) in [6.07, 6.45) is 3.21. The van der Waals surface area contributed by atoms with E-state index in [0.717, 1.165) is 11.8 Å². The van der Waals surface area contributed by atoms with Crippen LogP contribution in [0.1, 0.15) is 20.7 Å². The first-order chi connectivity index (χ1) is 10.1. The standard InChI is InChI=1S/C13H9N3O4S/c17-10(18)6-21-13-14-3-4-16(13)7-1-2-8-9(5-7)12(20)15-11(8)19/h1-5H,6H2,(H,17,18)(H,15,19,20). The third kappa shape index (κ3) is 2.40. The van der Waals surface area contributed by atoms with Gasteiger partial charge in [-0.05, 0) is 18.2 Å². The molecule has 2 N–H and O–H groups in total. The SMILES string of the molecule is O=C(O)CSc1nccn1-c1ccc2c(c1)C(=O)NC2=O. The molecule has 2 amide bonds. The molecule has 8 heteroatoms. The molecule has 0 aliphatic carbocycles. The highest BCUT2D eigenvalue weighted by molar-refractivity contribution is 7.99. The molecule has 0 saturated heterocycles. The molecule has 3 rings (SSSR count). The second-order valence-electron chi connectivity index (χ2n) is 4.28. The fraction of sp³-hybridized carbons (Fsp3) is 0.0769. The number of hydrogen-bond acceptors (Lipinski definition) is 5. The van der Waals surface area contributed by atoms with Crippen LogP contribution in [0.4, 0.5) is 0 Å². The van der Waals surface area contributed by atoms with E-state index in [0.29, 0.717) is 22.0 Å². The average molecular weight is 303 g/mol. The van der Waals surface area contributed by atoms with Crippen molar-refractivity contribution in [1.29, 1.82) is 0 Å². The van der Waals surface area contributed by atoms with Crippen molar-refractivity contribution in [1.82, 2.24) is 14.9 Å². The van der Waals surface area contributed by atoms with Gasteiger partial charge in [0.05, 0.1) is 16.9 Å². The number of rotatable bonds is 4. The Kier molecular flexibility index (Phi) is 3.22. The topological polar surface area (TPSA) is 101 Å². The number of fused-ring (bicyclic) bond motifs is 1. The molecular formula is C13H9N3O4S. The number of imide groups is 1. The number of carboxylic acid groups (broad SMARTS) is 1. The fourth-order valence-electron chi connectivity index (χ4n) is 2.03. The van der Waals surface area contributed by atoms with Gasteiger partial charge in [0.15, 0.2) is 5.16 Å². The molecule has 21 heavy (non-hydrogen) atoms. The summed E-state index contributed by atoms with van der Waals surface area (Å²) < 4.78 is 1.67. The zero-order valence-corrected chi connectivity index (χ0v) is 11.4. The number of thioether (sulfide) groups is 1. The Morgan fingerprint density at radius 3 is 2.81 bits per heavy atom. The molecule has 1 aromatic carbocycles. The van der Waals surface area contributed by atoms with E-state index < -0.39 is 17.8 Å². The zero-order valence-electron chi connectivity index (χ0n) is 10.6. The van der Waals surface area contributed by atoms with Crippen molar-refractivity contribution in [3.63, 3.8) is 0 Å². The first kappa shape index (κ1) is 13.4. The molecular weight excluding hydrogens is 294 g/mol. The first-order valence-electron chi connectivity index (χ1n) is 5.94. The highest BCUT2D eigenvalue weighted by Gasteiger charge is 2.27. The van der Waals surface area contributed by atoms with Gasteiger partial charge >= 0.3 is 5.97 Å². The minimum absolute atomic E-state index is 0.110. The Balaban J connectivity index is 1.97. The second-order valence-corrected chi connectivity index (χ2v) is 5.22. The number of imidazole rings is 1. The van der Waals surface area contributed by atoms with E-state index in [9.17, 15) is 14.4 Å². The molecule has 0 saturated carbocycles. The van der Waals surface area contributed by atoms with Gasteiger partial charge in [-0.1, -0.05) is 11.8 Å². The lowest BCUT2D eigenvalue weighted by Crippen LogP contribution is -2.19. The van der Waals surface area contributed by atoms with Crippen molar-refractivity contribution >= 4 is 29.5 Å². The Bertz CT molecular complexity index is 769. The average Bonchev–Trinajstić information content (AvgIpc) is 3.02. The lowest BCUT2D eigenvalue weighted by molar-refractivity contribution is -0.133. The summed E-state index contributed by atoms with van der Waals surface area (Å²) in [6.45, 7) is 0. The minimum atomic E-state index is -0.937. The number of nitrogens with one attached hydrogen (secondary N) is 1. The Morgan fingerprint density at radius 2 is 2.05 bits per heavy atom. The number of carboxylic acids is 1. The smallest absolute Gasteiger partial charge is 0.313 e. The maximum absolute atomic E-state index is 11.7. The Hall–Kier alpha value is -2.61. The van der Waals surface area contributed by atoms with E-state index in [-0.39, 0.29) is 5.75 Å².